The summed E-state index contributed by atoms with van der Waals surface area (Å²) in [4.78, 5) is 16.0. The molecule has 1 radical (unpaired) electrons. The molecule has 1 unspecified atom stereocenters. The minimum atomic E-state index is 0. The summed E-state index contributed by atoms with van der Waals surface area (Å²) in [6, 6.07) is 20.0. The van der Waals surface area contributed by atoms with Gasteiger partial charge in [-0.1, -0.05) is 44.2 Å². The molecule has 4 heteroatoms. The molecule has 0 saturated heterocycles. The zero-order valence-corrected chi connectivity index (χ0v) is 21.1. The molecule has 169 valence electrons. The first-order chi connectivity index (χ1) is 15.0. The maximum atomic E-state index is 11.4. The number of rotatable bonds is 2. The zero-order valence-electron chi connectivity index (χ0n) is 18.7. The van der Waals surface area contributed by atoms with Crippen molar-refractivity contribution in [3.63, 3.8) is 0 Å². The number of fused-ring (bicyclic) bond motifs is 2. The van der Waals surface area contributed by atoms with E-state index in [9.17, 15) is 9.90 Å². The van der Waals surface area contributed by atoms with E-state index in [4.69, 9.17) is 0 Å². The number of hydrogen-bond acceptors (Lipinski definition) is 3. The van der Waals surface area contributed by atoms with Crippen molar-refractivity contribution in [2.75, 3.05) is 0 Å². The molecule has 32 heavy (non-hydrogen) atoms. The molecule has 5 rings (SSSR count). The second kappa shape index (κ2) is 11.0. The van der Waals surface area contributed by atoms with Crippen LogP contribution in [0.2, 0.25) is 0 Å². The maximum absolute atomic E-state index is 11.4. The number of Topliss-reactive ketones (excluding diaryl/α,β-unsaturated/α-hetero) is 1. The van der Waals surface area contributed by atoms with Crippen molar-refractivity contribution >= 4 is 16.6 Å². The zero-order chi connectivity index (χ0) is 21.8. The molecule has 3 aromatic rings. The number of aromatic nitrogens is 1. The van der Waals surface area contributed by atoms with Gasteiger partial charge in [0.1, 0.15) is 0 Å². The standard InChI is InChI=1S/C18H16N.C10H14O2.Ir/c1-13(2)14-8-5-9-16(10-14)18-11-15-6-3-4-7-17(15)12-19-18;11-8-5-1-3-7-4-2-6-9(12)10(7)8;/h3-8,10-13H,1-2H3;7,11H,1-6H2;/q-1;;. The van der Waals surface area contributed by atoms with E-state index in [0.29, 0.717) is 24.0 Å². The van der Waals surface area contributed by atoms with Gasteiger partial charge >= 0.3 is 0 Å². The Morgan fingerprint density at radius 2 is 1.75 bits per heavy atom. The number of hydrogen-bond donors (Lipinski definition) is 1. The molecule has 1 N–H and O–H groups in total. The van der Waals surface area contributed by atoms with E-state index in [0.717, 1.165) is 48.9 Å². The summed E-state index contributed by atoms with van der Waals surface area (Å²) < 4.78 is 0. The van der Waals surface area contributed by atoms with Gasteiger partial charge in [-0.15, -0.1) is 35.4 Å². The van der Waals surface area contributed by atoms with Crippen LogP contribution in [0.3, 0.4) is 0 Å². The van der Waals surface area contributed by atoms with E-state index >= 15 is 0 Å². The van der Waals surface area contributed by atoms with Gasteiger partial charge in [-0.05, 0) is 54.0 Å². The fourth-order valence-corrected chi connectivity index (χ4v) is 4.57. The smallest absolute Gasteiger partial charge is 0.162 e. The minimum absolute atomic E-state index is 0. The van der Waals surface area contributed by atoms with Crippen molar-refractivity contribution in [2.24, 2.45) is 5.92 Å². The van der Waals surface area contributed by atoms with Gasteiger partial charge in [0.05, 0.1) is 5.76 Å². The van der Waals surface area contributed by atoms with E-state index < -0.39 is 0 Å². The summed E-state index contributed by atoms with van der Waals surface area (Å²) in [7, 11) is 0. The van der Waals surface area contributed by atoms with Gasteiger partial charge in [-0.25, -0.2) is 0 Å². The largest absolute Gasteiger partial charge is 0.512 e. The second-order valence-corrected chi connectivity index (χ2v) is 8.87. The first-order valence-corrected chi connectivity index (χ1v) is 11.3. The molecule has 2 aliphatic rings. The molecule has 3 nitrogen and oxygen atoms in total. The van der Waals surface area contributed by atoms with Crippen LogP contribution in [-0.4, -0.2) is 15.9 Å². The SMILES string of the molecule is CC(C)c1cc[c-]c(-c2cc3ccccc3cn2)c1.O=C1CCCC2CCCC(O)=C12.[Ir]. The Morgan fingerprint density at radius 3 is 2.47 bits per heavy atom. The Bertz CT molecular complexity index is 1120. The van der Waals surface area contributed by atoms with Crippen LogP contribution in [0.25, 0.3) is 22.0 Å². The van der Waals surface area contributed by atoms with Crippen molar-refractivity contribution in [2.45, 2.75) is 58.3 Å². The molecule has 2 aliphatic carbocycles. The summed E-state index contributed by atoms with van der Waals surface area (Å²) in [5.41, 5.74) is 4.15. The molecule has 0 spiro atoms. The molecule has 1 fully saturated rings. The third-order valence-electron chi connectivity index (χ3n) is 6.34. The van der Waals surface area contributed by atoms with Crippen molar-refractivity contribution in [3.8, 4) is 11.3 Å². The Kier molecular flexibility index (Phi) is 8.39. The van der Waals surface area contributed by atoms with Crippen molar-refractivity contribution < 1.29 is 30.0 Å². The normalized spacial score (nSPS) is 18.0. The monoisotopic (exact) mass is 605 g/mol. The molecular formula is C28H30IrNO2-. The fourth-order valence-electron chi connectivity index (χ4n) is 4.57. The van der Waals surface area contributed by atoms with Crippen LogP contribution in [0.1, 0.15) is 63.9 Å². The van der Waals surface area contributed by atoms with Crippen LogP contribution in [0.4, 0.5) is 0 Å². The first-order valence-electron chi connectivity index (χ1n) is 11.3. The van der Waals surface area contributed by atoms with Crippen LogP contribution in [0.15, 0.2) is 66.1 Å². The average molecular weight is 605 g/mol. The number of allylic oxidation sites excluding steroid dienone is 2. The maximum Gasteiger partial charge on any atom is 0.162 e. The second-order valence-electron chi connectivity index (χ2n) is 8.87. The first kappa shape index (κ1) is 24.4. The summed E-state index contributed by atoms with van der Waals surface area (Å²) in [6.07, 6.45) is 7.57. The Morgan fingerprint density at radius 1 is 1.03 bits per heavy atom. The Balaban J connectivity index is 0.000000193. The van der Waals surface area contributed by atoms with E-state index in [2.05, 4.69) is 61.3 Å². The van der Waals surface area contributed by atoms with E-state index in [1.54, 1.807) is 0 Å². The van der Waals surface area contributed by atoms with E-state index in [-0.39, 0.29) is 25.9 Å². The molecule has 0 amide bonds. The number of nitrogens with zero attached hydrogens (tertiary/aromatic N) is 1. The average Bonchev–Trinajstić information content (AvgIpc) is 2.79. The van der Waals surface area contributed by atoms with Crippen molar-refractivity contribution in [1.82, 2.24) is 4.98 Å². The quantitative estimate of drug-likeness (QED) is 0.316. The number of aliphatic hydroxyl groups excluding tert-OH is 1. The van der Waals surface area contributed by atoms with Gasteiger partial charge in [-0.2, -0.15) is 0 Å². The number of carbonyl (C=O) groups is 1. The topological polar surface area (TPSA) is 50.2 Å². The number of aliphatic hydroxyl groups is 1. The number of carbonyl (C=O) groups excluding carboxylic acids is 1. The van der Waals surface area contributed by atoms with E-state index in [1.165, 1.54) is 16.3 Å². The summed E-state index contributed by atoms with van der Waals surface area (Å²) in [5, 5.41) is 11.9. The van der Waals surface area contributed by atoms with Crippen molar-refractivity contribution in [3.05, 3.63) is 77.7 Å². The molecular weight excluding hydrogens is 575 g/mol. The van der Waals surface area contributed by atoms with Gasteiger partial charge in [0.15, 0.2) is 5.78 Å². The van der Waals surface area contributed by atoms with Crippen LogP contribution in [-0.2, 0) is 24.9 Å². The summed E-state index contributed by atoms with van der Waals surface area (Å²) in [5.74, 6) is 1.49. The molecule has 1 heterocycles. The summed E-state index contributed by atoms with van der Waals surface area (Å²) in [6.45, 7) is 4.40. The predicted molar refractivity (Wildman–Crippen MR) is 126 cm³/mol. The van der Waals surface area contributed by atoms with Crippen LogP contribution in [0, 0.1) is 12.0 Å². The van der Waals surface area contributed by atoms with Crippen LogP contribution in [0.5, 0.6) is 0 Å². The summed E-state index contributed by atoms with van der Waals surface area (Å²) >= 11 is 0. The van der Waals surface area contributed by atoms with Crippen LogP contribution < -0.4 is 0 Å². The predicted octanol–water partition coefficient (Wildman–Crippen LogP) is 7.17. The third kappa shape index (κ3) is 5.54. The van der Waals surface area contributed by atoms with Gasteiger partial charge in [-0.3, -0.25) is 4.79 Å². The molecule has 1 atom stereocenters. The van der Waals surface area contributed by atoms with Gasteiger partial charge in [0, 0.05) is 44.7 Å². The van der Waals surface area contributed by atoms with Gasteiger partial charge in [0.2, 0.25) is 0 Å². The molecule has 2 aromatic carbocycles. The number of ketones is 1. The Hall–Kier alpha value is -2.29. The molecule has 1 aromatic heterocycles. The Labute approximate surface area is 204 Å². The minimum Gasteiger partial charge on any atom is -0.512 e. The number of pyridine rings is 1. The van der Waals surface area contributed by atoms with E-state index in [1.807, 2.05) is 18.3 Å². The fraction of sp³-hybridized carbons (Fsp3) is 0.357. The molecule has 0 bridgehead atoms. The van der Waals surface area contributed by atoms with Gasteiger partial charge < -0.3 is 10.1 Å². The molecule has 1 saturated carbocycles. The third-order valence-corrected chi connectivity index (χ3v) is 6.34. The van der Waals surface area contributed by atoms with Crippen molar-refractivity contribution in [1.29, 1.82) is 0 Å². The van der Waals surface area contributed by atoms with Gasteiger partial charge in [0.25, 0.3) is 0 Å². The molecule has 0 aliphatic heterocycles. The van der Waals surface area contributed by atoms with Crippen LogP contribution >= 0.6 is 0 Å². The number of benzene rings is 2.